The van der Waals surface area contributed by atoms with Gasteiger partial charge < -0.3 is 29.7 Å². The molecule has 1 aromatic heterocycles. The van der Waals surface area contributed by atoms with E-state index in [1.807, 2.05) is 18.2 Å². The number of nitrogens with one attached hydrogen (secondary N) is 2. The van der Waals surface area contributed by atoms with Crippen LogP contribution in [0, 0.1) is 0 Å². The lowest BCUT2D eigenvalue weighted by Gasteiger charge is -2.24. The normalized spacial score (nSPS) is 16.9. The molecule has 2 heterocycles. The van der Waals surface area contributed by atoms with E-state index in [2.05, 4.69) is 27.2 Å². The summed E-state index contributed by atoms with van der Waals surface area (Å²) in [5.41, 5.74) is 1.32. The molecule has 1 aliphatic rings. The molecule has 10 nitrogen and oxygen atoms in total. The third kappa shape index (κ3) is 6.34. The predicted molar refractivity (Wildman–Crippen MR) is 155 cm³/mol. The molecule has 40 heavy (non-hydrogen) atoms. The van der Waals surface area contributed by atoms with Crippen LogP contribution in [-0.2, 0) is 9.53 Å². The predicted octanol–water partition coefficient (Wildman–Crippen LogP) is 5.32. The Morgan fingerprint density at radius 1 is 1.07 bits per heavy atom. The molecular weight excluding hydrogens is 557 g/mol. The summed E-state index contributed by atoms with van der Waals surface area (Å²) >= 11 is 13.2. The van der Waals surface area contributed by atoms with Gasteiger partial charge in [-0.2, -0.15) is 0 Å². The molecule has 12 heteroatoms. The van der Waals surface area contributed by atoms with E-state index in [0.717, 1.165) is 10.9 Å². The van der Waals surface area contributed by atoms with Crippen LogP contribution in [0.2, 0.25) is 10.0 Å². The number of anilines is 1. The van der Waals surface area contributed by atoms with E-state index in [9.17, 15) is 9.59 Å². The van der Waals surface area contributed by atoms with Gasteiger partial charge in [0.2, 0.25) is 11.9 Å². The van der Waals surface area contributed by atoms with Gasteiger partial charge in [-0.25, -0.2) is 14.8 Å². The molecule has 2 N–H and O–H groups in total. The van der Waals surface area contributed by atoms with Crippen molar-refractivity contribution in [1.82, 2.24) is 20.2 Å². The Hall–Kier alpha value is -3.76. The summed E-state index contributed by atoms with van der Waals surface area (Å²) in [6, 6.07) is 6.40. The maximum atomic E-state index is 12.7. The molecule has 1 fully saturated rings. The number of halogens is 2. The van der Waals surface area contributed by atoms with Crippen molar-refractivity contribution in [2.75, 3.05) is 32.6 Å². The Morgan fingerprint density at radius 3 is 2.33 bits per heavy atom. The summed E-state index contributed by atoms with van der Waals surface area (Å²) in [7, 11) is 3.04. The molecule has 0 spiro atoms. The molecule has 2 aromatic carbocycles. The van der Waals surface area contributed by atoms with Crippen molar-refractivity contribution in [3.05, 3.63) is 53.2 Å². The molecule has 2 atom stereocenters. The standard InChI is InChI=1S/C28H31Cl2N5O5/c1-7-22(36)32-18-13-35(27(37)40-28(2,3)4)14-19(18)34-26-31-12-16-10-15(8-9-17(16)33-26)23-24(29)20(38-5)11-21(39-6)25(23)30/h7-12,18-19H,1,13-14H2,2-6H3,(H,32,36)(H,31,33,34)/t18-,19+/m0/s1. The average Bonchev–Trinajstić information content (AvgIpc) is 3.30. The van der Waals surface area contributed by atoms with Crippen molar-refractivity contribution < 1.29 is 23.8 Å². The minimum atomic E-state index is -0.646. The number of amides is 2. The highest BCUT2D eigenvalue weighted by Crippen LogP contribution is 2.46. The molecular formula is C28H31Cl2N5O5. The summed E-state index contributed by atoms with van der Waals surface area (Å²) in [6.45, 7) is 9.46. The van der Waals surface area contributed by atoms with Crippen LogP contribution in [-0.4, -0.2) is 71.9 Å². The topological polar surface area (TPSA) is 115 Å². The number of carbonyl (C=O) groups excluding carboxylic acids is 2. The highest BCUT2D eigenvalue weighted by atomic mass is 35.5. The van der Waals surface area contributed by atoms with Crippen LogP contribution in [0.1, 0.15) is 20.8 Å². The highest BCUT2D eigenvalue weighted by molar-refractivity contribution is 6.41. The SMILES string of the molecule is C=CC(=O)N[C@H]1CN(C(=O)OC(C)(C)C)C[C@H]1Nc1ncc2cc(-c3c(Cl)c(OC)cc(OC)c3Cl)ccc2n1. The lowest BCUT2D eigenvalue weighted by molar-refractivity contribution is -0.117. The fourth-order valence-electron chi connectivity index (χ4n) is 4.38. The molecule has 0 aliphatic carbocycles. The third-order valence-corrected chi connectivity index (χ3v) is 6.99. The Balaban J connectivity index is 1.60. The largest absolute Gasteiger partial charge is 0.495 e. The van der Waals surface area contributed by atoms with Gasteiger partial charge in [0.05, 0.1) is 41.9 Å². The van der Waals surface area contributed by atoms with E-state index < -0.39 is 17.7 Å². The minimum Gasteiger partial charge on any atom is -0.495 e. The third-order valence-electron chi connectivity index (χ3n) is 6.24. The Kier molecular flexibility index (Phi) is 8.60. The molecule has 0 bridgehead atoms. The number of hydrogen-bond acceptors (Lipinski definition) is 8. The first-order chi connectivity index (χ1) is 18.9. The van der Waals surface area contributed by atoms with Gasteiger partial charge in [0.1, 0.15) is 17.1 Å². The van der Waals surface area contributed by atoms with Gasteiger partial charge in [-0.05, 0) is 44.5 Å². The van der Waals surface area contributed by atoms with Gasteiger partial charge >= 0.3 is 6.09 Å². The number of ether oxygens (including phenoxy) is 3. The van der Waals surface area contributed by atoms with Gasteiger partial charge in [-0.15, -0.1) is 0 Å². The van der Waals surface area contributed by atoms with E-state index in [4.69, 9.17) is 37.4 Å². The minimum absolute atomic E-state index is 0.259. The monoisotopic (exact) mass is 587 g/mol. The molecule has 0 radical (unpaired) electrons. The molecule has 3 aromatic rings. The molecule has 0 saturated carbocycles. The van der Waals surface area contributed by atoms with E-state index in [1.165, 1.54) is 20.3 Å². The lowest BCUT2D eigenvalue weighted by atomic mass is 10.0. The smallest absolute Gasteiger partial charge is 0.410 e. The Labute approximate surface area is 242 Å². The number of likely N-dealkylation sites (tertiary alicyclic amines) is 1. The van der Waals surface area contributed by atoms with Crippen LogP contribution in [0.15, 0.2) is 43.1 Å². The maximum Gasteiger partial charge on any atom is 0.410 e. The summed E-state index contributed by atoms with van der Waals surface area (Å²) in [5, 5.41) is 7.59. The van der Waals surface area contributed by atoms with Gasteiger partial charge in [0.25, 0.3) is 0 Å². The second-order valence-corrected chi connectivity index (χ2v) is 11.0. The summed E-state index contributed by atoms with van der Waals surface area (Å²) in [4.78, 5) is 35.4. The van der Waals surface area contributed by atoms with Crippen LogP contribution in [0.25, 0.3) is 22.0 Å². The molecule has 1 saturated heterocycles. The number of hydrogen-bond donors (Lipinski definition) is 2. The first-order valence-electron chi connectivity index (χ1n) is 12.5. The average molecular weight is 588 g/mol. The van der Waals surface area contributed by atoms with E-state index in [0.29, 0.717) is 38.6 Å². The number of rotatable bonds is 7. The summed E-state index contributed by atoms with van der Waals surface area (Å²) < 4.78 is 16.3. The molecule has 2 amide bonds. The first kappa shape index (κ1) is 29.2. The highest BCUT2D eigenvalue weighted by Gasteiger charge is 2.38. The van der Waals surface area contributed by atoms with Gasteiger partial charge in [-0.3, -0.25) is 4.79 Å². The molecule has 1 aliphatic heterocycles. The van der Waals surface area contributed by atoms with Crippen molar-refractivity contribution in [3.63, 3.8) is 0 Å². The second-order valence-electron chi connectivity index (χ2n) is 10.2. The van der Waals surface area contributed by atoms with Gasteiger partial charge in [0, 0.05) is 36.3 Å². The van der Waals surface area contributed by atoms with Crippen LogP contribution in [0.3, 0.4) is 0 Å². The van der Waals surface area contributed by atoms with Crippen molar-refractivity contribution in [1.29, 1.82) is 0 Å². The van der Waals surface area contributed by atoms with Crippen molar-refractivity contribution in [2.45, 2.75) is 38.5 Å². The zero-order chi connectivity index (χ0) is 29.2. The zero-order valence-electron chi connectivity index (χ0n) is 22.9. The number of fused-ring (bicyclic) bond motifs is 1. The van der Waals surface area contributed by atoms with Crippen molar-refractivity contribution in [3.8, 4) is 22.6 Å². The van der Waals surface area contributed by atoms with Gasteiger partial charge in [0.15, 0.2) is 0 Å². The van der Waals surface area contributed by atoms with E-state index in [1.54, 1.807) is 37.9 Å². The number of benzene rings is 2. The van der Waals surface area contributed by atoms with Crippen molar-refractivity contribution in [2.24, 2.45) is 0 Å². The maximum absolute atomic E-state index is 12.7. The van der Waals surface area contributed by atoms with Crippen LogP contribution in [0.5, 0.6) is 11.5 Å². The quantitative estimate of drug-likeness (QED) is 0.357. The van der Waals surface area contributed by atoms with Crippen LogP contribution >= 0.6 is 23.2 Å². The molecule has 212 valence electrons. The van der Waals surface area contributed by atoms with Gasteiger partial charge in [-0.1, -0.05) is 35.8 Å². The van der Waals surface area contributed by atoms with E-state index in [-0.39, 0.29) is 25.0 Å². The summed E-state index contributed by atoms with van der Waals surface area (Å²) in [6.07, 6.45) is 2.40. The Bertz CT molecular complexity index is 1430. The van der Waals surface area contributed by atoms with Crippen LogP contribution < -0.4 is 20.1 Å². The van der Waals surface area contributed by atoms with Crippen LogP contribution in [0.4, 0.5) is 10.7 Å². The van der Waals surface area contributed by atoms with E-state index >= 15 is 0 Å². The zero-order valence-corrected chi connectivity index (χ0v) is 24.4. The number of methoxy groups -OCH3 is 2. The molecule has 0 unspecified atom stereocenters. The van der Waals surface area contributed by atoms with Crippen molar-refractivity contribution >= 4 is 52.1 Å². The fraction of sp³-hybridized carbons (Fsp3) is 0.357. The fourth-order valence-corrected chi connectivity index (χ4v) is 5.10. The first-order valence-corrected chi connectivity index (χ1v) is 13.2. The molecule has 4 rings (SSSR count). The lowest BCUT2D eigenvalue weighted by Crippen LogP contribution is -2.45. The Morgan fingerprint density at radius 2 is 1.73 bits per heavy atom. The second kappa shape index (κ2) is 11.8. The number of nitrogens with zero attached hydrogens (tertiary/aromatic N) is 3. The summed E-state index contributed by atoms with van der Waals surface area (Å²) in [5.74, 6) is 0.863. The number of carbonyl (C=O) groups is 2. The number of aromatic nitrogens is 2.